The Labute approximate surface area is 131 Å². The number of hydrogen-bond donors (Lipinski definition) is 2. The summed E-state index contributed by atoms with van der Waals surface area (Å²) in [4.78, 5) is 19.9. The van der Waals surface area contributed by atoms with Gasteiger partial charge in [-0.25, -0.2) is 4.98 Å². The Bertz CT molecular complexity index is 549. The first kappa shape index (κ1) is 16.0. The van der Waals surface area contributed by atoms with Crippen LogP contribution in [0, 0.1) is 5.92 Å². The standard InChI is InChI=1S/C14H18F3N5O/c15-14(16,17)11-1-2-12(18-9-11)21-3-5-22(6-4-21)13(23)10-7-19-20-8-10/h1-2,9-10,19-20H,3-8H2. The molecule has 0 spiro atoms. The second-order valence-corrected chi connectivity index (χ2v) is 5.67. The maximum absolute atomic E-state index is 12.5. The van der Waals surface area contributed by atoms with Crippen molar-refractivity contribution in [3.05, 3.63) is 23.9 Å². The molecule has 9 heteroatoms. The molecule has 126 valence electrons. The summed E-state index contributed by atoms with van der Waals surface area (Å²) >= 11 is 0. The van der Waals surface area contributed by atoms with E-state index in [1.165, 1.54) is 6.07 Å². The Morgan fingerprint density at radius 2 is 1.78 bits per heavy atom. The number of carbonyl (C=O) groups excluding carboxylic acids is 1. The molecule has 23 heavy (non-hydrogen) atoms. The van der Waals surface area contributed by atoms with E-state index in [9.17, 15) is 18.0 Å². The quantitative estimate of drug-likeness (QED) is 0.826. The van der Waals surface area contributed by atoms with E-state index in [1.54, 1.807) is 4.90 Å². The fourth-order valence-electron chi connectivity index (χ4n) is 2.79. The molecule has 2 fully saturated rings. The van der Waals surface area contributed by atoms with Gasteiger partial charge >= 0.3 is 6.18 Å². The molecule has 2 aliphatic heterocycles. The summed E-state index contributed by atoms with van der Waals surface area (Å²) in [5.74, 6) is 0.572. The highest BCUT2D eigenvalue weighted by Crippen LogP contribution is 2.29. The first-order valence-electron chi connectivity index (χ1n) is 7.48. The van der Waals surface area contributed by atoms with Gasteiger partial charge in [-0.05, 0) is 12.1 Å². The fraction of sp³-hybridized carbons (Fsp3) is 0.571. The van der Waals surface area contributed by atoms with Crippen molar-refractivity contribution in [2.75, 3.05) is 44.2 Å². The number of nitrogens with one attached hydrogen (secondary N) is 2. The number of aromatic nitrogens is 1. The number of nitrogens with zero attached hydrogens (tertiary/aromatic N) is 3. The maximum atomic E-state index is 12.5. The van der Waals surface area contributed by atoms with E-state index in [0.717, 1.165) is 12.3 Å². The molecular formula is C14H18F3N5O. The molecular weight excluding hydrogens is 311 g/mol. The Kier molecular flexibility index (Phi) is 4.40. The van der Waals surface area contributed by atoms with Gasteiger partial charge in [-0.15, -0.1) is 0 Å². The van der Waals surface area contributed by atoms with Gasteiger partial charge in [0.2, 0.25) is 5.91 Å². The van der Waals surface area contributed by atoms with Gasteiger partial charge in [0.25, 0.3) is 0 Å². The molecule has 0 atom stereocenters. The van der Waals surface area contributed by atoms with Gasteiger partial charge in [0, 0.05) is 45.5 Å². The highest BCUT2D eigenvalue weighted by molar-refractivity contribution is 5.80. The average molecular weight is 329 g/mol. The first-order chi connectivity index (χ1) is 10.9. The van der Waals surface area contributed by atoms with E-state index in [0.29, 0.717) is 45.1 Å². The highest BCUT2D eigenvalue weighted by Gasteiger charge is 2.32. The van der Waals surface area contributed by atoms with Crippen molar-refractivity contribution >= 4 is 11.7 Å². The molecule has 3 heterocycles. The zero-order valence-electron chi connectivity index (χ0n) is 12.4. The lowest BCUT2D eigenvalue weighted by Crippen LogP contribution is -2.51. The van der Waals surface area contributed by atoms with Crippen molar-refractivity contribution in [1.82, 2.24) is 20.7 Å². The molecule has 3 rings (SSSR count). The minimum atomic E-state index is -4.38. The van der Waals surface area contributed by atoms with Crippen LogP contribution < -0.4 is 15.8 Å². The van der Waals surface area contributed by atoms with Crippen molar-refractivity contribution in [3.63, 3.8) is 0 Å². The number of amides is 1. The van der Waals surface area contributed by atoms with E-state index >= 15 is 0 Å². The molecule has 6 nitrogen and oxygen atoms in total. The lowest BCUT2D eigenvalue weighted by atomic mass is 10.1. The number of alkyl halides is 3. The smallest absolute Gasteiger partial charge is 0.353 e. The monoisotopic (exact) mass is 329 g/mol. The summed E-state index contributed by atoms with van der Waals surface area (Å²) in [5.41, 5.74) is 5.12. The molecule has 0 bridgehead atoms. The lowest BCUT2D eigenvalue weighted by Gasteiger charge is -2.36. The van der Waals surface area contributed by atoms with E-state index < -0.39 is 11.7 Å². The number of halogens is 3. The fourth-order valence-corrected chi connectivity index (χ4v) is 2.79. The minimum absolute atomic E-state index is 0.0502. The maximum Gasteiger partial charge on any atom is 0.417 e. The molecule has 0 aromatic carbocycles. The van der Waals surface area contributed by atoms with Gasteiger partial charge in [-0.1, -0.05) is 0 Å². The number of carbonyl (C=O) groups is 1. The lowest BCUT2D eigenvalue weighted by molar-refractivity contribution is -0.138. The topological polar surface area (TPSA) is 60.5 Å². The largest absolute Gasteiger partial charge is 0.417 e. The van der Waals surface area contributed by atoms with Gasteiger partial charge in [-0.2, -0.15) is 13.2 Å². The summed E-state index contributed by atoms with van der Waals surface area (Å²) in [6.45, 7) is 3.49. The number of hydrazine groups is 1. The van der Waals surface area contributed by atoms with E-state index in [-0.39, 0.29) is 11.8 Å². The summed E-state index contributed by atoms with van der Waals surface area (Å²) in [6, 6.07) is 2.42. The third-order valence-electron chi connectivity index (χ3n) is 4.16. The number of piperazine rings is 1. The van der Waals surface area contributed by atoms with Crippen LogP contribution in [0.3, 0.4) is 0 Å². The van der Waals surface area contributed by atoms with E-state index in [1.807, 2.05) is 4.90 Å². The number of hydrogen-bond acceptors (Lipinski definition) is 5. The normalized spacial score (nSPS) is 20.1. The van der Waals surface area contributed by atoms with Crippen LogP contribution >= 0.6 is 0 Å². The molecule has 2 aliphatic rings. The van der Waals surface area contributed by atoms with Crippen LogP contribution in [0.4, 0.5) is 19.0 Å². The molecule has 1 aromatic rings. The Hall–Kier alpha value is -1.87. The van der Waals surface area contributed by atoms with Crippen molar-refractivity contribution in [2.45, 2.75) is 6.18 Å². The summed E-state index contributed by atoms with van der Waals surface area (Å²) in [6.07, 6.45) is -3.53. The third kappa shape index (κ3) is 3.56. The van der Waals surface area contributed by atoms with Gasteiger partial charge < -0.3 is 9.80 Å². The second kappa shape index (κ2) is 6.32. The third-order valence-corrected chi connectivity index (χ3v) is 4.16. The van der Waals surface area contributed by atoms with Gasteiger partial charge in [0.1, 0.15) is 5.82 Å². The first-order valence-corrected chi connectivity index (χ1v) is 7.48. The van der Waals surface area contributed by atoms with Crippen molar-refractivity contribution in [1.29, 1.82) is 0 Å². The van der Waals surface area contributed by atoms with Crippen LogP contribution in [0.5, 0.6) is 0 Å². The van der Waals surface area contributed by atoms with Crippen LogP contribution in [-0.2, 0) is 11.0 Å². The van der Waals surface area contributed by atoms with Crippen LogP contribution in [-0.4, -0.2) is 55.1 Å². The van der Waals surface area contributed by atoms with Crippen LogP contribution in [0.2, 0.25) is 0 Å². The van der Waals surface area contributed by atoms with Crippen LogP contribution in [0.15, 0.2) is 18.3 Å². The van der Waals surface area contributed by atoms with Crippen molar-refractivity contribution in [3.8, 4) is 0 Å². The summed E-state index contributed by atoms with van der Waals surface area (Å²) in [7, 11) is 0. The molecule has 1 aromatic heterocycles. The Morgan fingerprint density at radius 1 is 1.13 bits per heavy atom. The predicted molar refractivity (Wildman–Crippen MR) is 77.5 cm³/mol. The molecule has 0 unspecified atom stereocenters. The number of anilines is 1. The predicted octanol–water partition coefficient (Wildman–Crippen LogP) is 0.473. The SMILES string of the molecule is O=C(C1CNNC1)N1CCN(c2ccc(C(F)(F)F)cn2)CC1. The Balaban J connectivity index is 1.57. The zero-order chi connectivity index (χ0) is 16.4. The number of rotatable bonds is 2. The Morgan fingerprint density at radius 3 is 2.30 bits per heavy atom. The van der Waals surface area contributed by atoms with Crippen molar-refractivity contribution in [2.24, 2.45) is 5.92 Å². The molecule has 1 amide bonds. The average Bonchev–Trinajstić information content (AvgIpc) is 3.08. The minimum Gasteiger partial charge on any atom is -0.353 e. The molecule has 0 aliphatic carbocycles. The summed E-state index contributed by atoms with van der Waals surface area (Å²) in [5, 5.41) is 0. The van der Waals surface area contributed by atoms with E-state index in [4.69, 9.17) is 0 Å². The van der Waals surface area contributed by atoms with E-state index in [2.05, 4.69) is 15.8 Å². The number of pyridine rings is 1. The van der Waals surface area contributed by atoms with Gasteiger partial charge in [-0.3, -0.25) is 15.6 Å². The zero-order valence-corrected chi connectivity index (χ0v) is 12.4. The van der Waals surface area contributed by atoms with Crippen LogP contribution in [0.25, 0.3) is 0 Å². The molecule has 2 N–H and O–H groups in total. The second-order valence-electron chi connectivity index (χ2n) is 5.67. The van der Waals surface area contributed by atoms with Gasteiger partial charge in [0.05, 0.1) is 11.5 Å². The van der Waals surface area contributed by atoms with Crippen LogP contribution in [0.1, 0.15) is 5.56 Å². The highest BCUT2D eigenvalue weighted by atomic mass is 19.4. The molecule has 2 saturated heterocycles. The molecule has 0 radical (unpaired) electrons. The van der Waals surface area contributed by atoms with Gasteiger partial charge in [0.15, 0.2) is 0 Å². The van der Waals surface area contributed by atoms with Crippen molar-refractivity contribution < 1.29 is 18.0 Å². The summed E-state index contributed by atoms with van der Waals surface area (Å²) < 4.78 is 37.6. The molecule has 0 saturated carbocycles.